The summed E-state index contributed by atoms with van der Waals surface area (Å²) >= 11 is 0. The van der Waals surface area contributed by atoms with Gasteiger partial charge < -0.3 is 14.2 Å². The quantitative estimate of drug-likeness (QED) is 0.787. The molecule has 0 spiro atoms. The zero-order chi connectivity index (χ0) is 19.5. The van der Waals surface area contributed by atoms with Crippen LogP contribution in [0.5, 0.6) is 17.5 Å². The van der Waals surface area contributed by atoms with Gasteiger partial charge in [0.1, 0.15) is 13.2 Å². The molecule has 28 heavy (non-hydrogen) atoms. The van der Waals surface area contributed by atoms with Crippen molar-refractivity contribution in [1.29, 1.82) is 0 Å². The number of hydrogen-bond donors (Lipinski definition) is 0. The van der Waals surface area contributed by atoms with Crippen LogP contribution in [0.1, 0.15) is 42.8 Å². The summed E-state index contributed by atoms with van der Waals surface area (Å²) in [6.45, 7) is 7.59. The Balaban J connectivity index is 1.44. The number of likely N-dealkylation sites (tertiary alicyclic amines) is 1. The first kappa shape index (κ1) is 19.0. The van der Waals surface area contributed by atoms with Gasteiger partial charge in [0.05, 0.1) is 12.8 Å². The van der Waals surface area contributed by atoms with Crippen molar-refractivity contribution in [2.45, 2.75) is 39.2 Å². The lowest BCUT2D eigenvalue weighted by Gasteiger charge is -2.37. The van der Waals surface area contributed by atoms with Crippen LogP contribution in [0.25, 0.3) is 0 Å². The summed E-state index contributed by atoms with van der Waals surface area (Å²) in [7, 11) is 1.68. The van der Waals surface area contributed by atoms with E-state index in [0.717, 1.165) is 36.6 Å². The molecule has 6 heteroatoms. The molecule has 0 unspecified atom stereocenters. The van der Waals surface area contributed by atoms with E-state index in [1.54, 1.807) is 7.11 Å². The molecule has 2 aliphatic rings. The van der Waals surface area contributed by atoms with Gasteiger partial charge in [0.15, 0.2) is 5.75 Å². The number of pyridine rings is 2. The highest BCUT2D eigenvalue weighted by atomic mass is 16.6. The summed E-state index contributed by atoms with van der Waals surface area (Å²) in [4.78, 5) is 11.7. The highest BCUT2D eigenvalue weighted by Gasteiger charge is 2.26. The van der Waals surface area contributed by atoms with Crippen LogP contribution in [0.3, 0.4) is 0 Å². The number of hydrogen-bond acceptors (Lipinski definition) is 6. The molecule has 4 heterocycles. The molecular weight excluding hydrogens is 354 g/mol. The Morgan fingerprint density at radius 1 is 1.21 bits per heavy atom. The van der Waals surface area contributed by atoms with Gasteiger partial charge in [0.25, 0.3) is 5.88 Å². The van der Waals surface area contributed by atoms with E-state index in [-0.39, 0.29) is 6.04 Å². The molecule has 2 aromatic rings. The van der Waals surface area contributed by atoms with Gasteiger partial charge in [0.2, 0.25) is 5.88 Å². The van der Waals surface area contributed by atoms with Gasteiger partial charge >= 0.3 is 0 Å². The maximum Gasteiger partial charge on any atom is 0.257 e. The van der Waals surface area contributed by atoms with Crippen molar-refractivity contribution in [2.24, 2.45) is 5.92 Å². The third kappa shape index (κ3) is 4.22. The van der Waals surface area contributed by atoms with Crippen LogP contribution < -0.4 is 14.2 Å². The van der Waals surface area contributed by atoms with Crippen molar-refractivity contribution < 1.29 is 14.2 Å². The summed E-state index contributed by atoms with van der Waals surface area (Å²) < 4.78 is 16.6. The first-order valence-corrected chi connectivity index (χ1v) is 10.1. The molecule has 0 radical (unpaired) electrons. The van der Waals surface area contributed by atoms with Gasteiger partial charge in [-0.15, -0.1) is 0 Å². The van der Waals surface area contributed by atoms with Crippen LogP contribution in [0.4, 0.5) is 0 Å². The molecule has 0 saturated carbocycles. The van der Waals surface area contributed by atoms with Gasteiger partial charge in [-0.3, -0.25) is 4.90 Å². The number of nitrogens with zero attached hydrogens (tertiary/aromatic N) is 3. The fourth-order valence-corrected chi connectivity index (χ4v) is 4.24. The number of ether oxygens (including phenoxy) is 3. The van der Waals surface area contributed by atoms with Gasteiger partial charge in [-0.25, -0.2) is 9.97 Å². The largest absolute Gasteiger partial charge is 0.484 e. The Labute approximate surface area is 166 Å². The third-order valence-corrected chi connectivity index (χ3v) is 5.68. The molecule has 150 valence electrons. The number of aryl methyl sites for hydroxylation is 1. The van der Waals surface area contributed by atoms with Crippen molar-refractivity contribution in [1.82, 2.24) is 14.9 Å². The van der Waals surface area contributed by atoms with E-state index < -0.39 is 0 Å². The number of methoxy groups -OCH3 is 1. The number of aromatic nitrogens is 2. The van der Waals surface area contributed by atoms with Crippen LogP contribution in [0.15, 0.2) is 24.3 Å². The van der Waals surface area contributed by atoms with E-state index in [4.69, 9.17) is 19.2 Å². The molecular formula is C22H29N3O3. The van der Waals surface area contributed by atoms with Gasteiger partial charge in [-0.2, -0.15) is 0 Å². The summed E-state index contributed by atoms with van der Waals surface area (Å²) in [5, 5.41) is 0. The maximum atomic E-state index is 5.66. The molecule has 2 atom stereocenters. The molecule has 2 aliphatic heterocycles. The highest BCUT2D eigenvalue weighted by Crippen LogP contribution is 2.33. The second kappa shape index (κ2) is 8.35. The lowest BCUT2D eigenvalue weighted by Crippen LogP contribution is -2.38. The van der Waals surface area contributed by atoms with E-state index in [1.165, 1.54) is 18.4 Å². The van der Waals surface area contributed by atoms with E-state index in [1.807, 2.05) is 13.0 Å². The average molecular weight is 383 g/mol. The highest BCUT2D eigenvalue weighted by molar-refractivity contribution is 5.36. The first-order chi connectivity index (χ1) is 13.6. The van der Waals surface area contributed by atoms with E-state index in [0.29, 0.717) is 30.9 Å². The summed E-state index contributed by atoms with van der Waals surface area (Å²) in [6.07, 6.45) is 3.51. The molecule has 0 N–H and O–H groups in total. The van der Waals surface area contributed by atoms with Crippen molar-refractivity contribution >= 4 is 0 Å². The summed E-state index contributed by atoms with van der Waals surface area (Å²) in [5.41, 5.74) is 3.36. The zero-order valence-corrected chi connectivity index (χ0v) is 17.0. The minimum absolute atomic E-state index is 0.257. The summed E-state index contributed by atoms with van der Waals surface area (Å²) in [6, 6.07) is 8.55. The fourth-order valence-electron chi connectivity index (χ4n) is 4.24. The lowest BCUT2D eigenvalue weighted by molar-refractivity contribution is 0.126. The molecule has 2 aromatic heterocycles. The molecule has 0 amide bonds. The van der Waals surface area contributed by atoms with Gasteiger partial charge in [0, 0.05) is 24.3 Å². The number of piperidine rings is 1. The molecule has 1 fully saturated rings. The van der Waals surface area contributed by atoms with Gasteiger partial charge in [-0.1, -0.05) is 0 Å². The topological polar surface area (TPSA) is 56.7 Å². The van der Waals surface area contributed by atoms with Gasteiger partial charge in [-0.05, 0) is 69.3 Å². The normalized spacial score (nSPS) is 20.6. The smallest absolute Gasteiger partial charge is 0.257 e. The molecule has 4 rings (SSSR count). The Morgan fingerprint density at radius 2 is 2.07 bits per heavy atom. The Bertz CT molecular complexity index is 827. The number of rotatable bonds is 5. The van der Waals surface area contributed by atoms with E-state index in [9.17, 15) is 0 Å². The van der Waals surface area contributed by atoms with Crippen molar-refractivity contribution in [3.05, 3.63) is 41.2 Å². The van der Waals surface area contributed by atoms with Crippen LogP contribution in [0.2, 0.25) is 0 Å². The molecule has 0 bridgehead atoms. The maximum absolute atomic E-state index is 5.66. The van der Waals surface area contributed by atoms with Crippen LogP contribution in [0, 0.1) is 12.8 Å². The van der Waals surface area contributed by atoms with Crippen LogP contribution in [-0.4, -0.2) is 48.3 Å². The van der Waals surface area contributed by atoms with Crippen LogP contribution >= 0.6 is 0 Å². The van der Waals surface area contributed by atoms with Crippen molar-refractivity contribution in [2.75, 3.05) is 33.4 Å². The number of fused-ring (bicyclic) bond motifs is 1. The minimum Gasteiger partial charge on any atom is -0.484 e. The molecule has 0 aliphatic carbocycles. The second-order valence-corrected chi connectivity index (χ2v) is 7.78. The van der Waals surface area contributed by atoms with Crippen LogP contribution in [-0.2, 0) is 6.42 Å². The van der Waals surface area contributed by atoms with Crippen molar-refractivity contribution in [3.8, 4) is 17.5 Å². The Kier molecular flexibility index (Phi) is 5.67. The second-order valence-electron chi connectivity index (χ2n) is 7.78. The standard InChI is InChI=1S/C22H29N3O3/c1-15-11-18(13-21(23-15)26-3)12-17-5-4-8-25(14-17)16(2)19-6-7-20-22(24-19)28-10-9-27-20/h6-7,11,13,16-17H,4-5,8-10,12,14H2,1-3H3/t16-,17+/m0/s1. The minimum atomic E-state index is 0.257. The fraction of sp³-hybridized carbons (Fsp3) is 0.545. The average Bonchev–Trinajstić information content (AvgIpc) is 2.72. The molecule has 1 saturated heterocycles. The monoisotopic (exact) mass is 383 g/mol. The first-order valence-electron chi connectivity index (χ1n) is 10.1. The third-order valence-electron chi connectivity index (χ3n) is 5.68. The van der Waals surface area contributed by atoms with E-state index in [2.05, 4.69) is 35.0 Å². The Morgan fingerprint density at radius 3 is 2.93 bits per heavy atom. The van der Waals surface area contributed by atoms with Crippen molar-refractivity contribution in [3.63, 3.8) is 0 Å². The predicted molar refractivity (Wildman–Crippen MR) is 107 cm³/mol. The zero-order valence-electron chi connectivity index (χ0n) is 17.0. The van der Waals surface area contributed by atoms with E-state index >= 15 is 0 Å². The molecule has 0 aromatic carbocycles. The SMILES string of the molecule is COc1cc(C[C@H]2CCCN([C@@H](C)c3ccc4c(n3)OCCO4)C2)cc(C)n1. The molecule has 6 nitrogen and oxygen atoms in total. The predicted octanol–water partition coefficient (Wildman–Crippen LogP) is 3.58. The Hall–Kier alpha value is -2.34. The summed E-state index contributed by atoms with van der Waals surface area (Å²) in [5.74, 6) is 2.71. The lowest BCUT2D eigenvalue weighted by atomic mass is 9.90.